The molecule has 1 fully saturated rings. The van der Waals surface area contributed by atoms with Gasteiger partial charge < -0.3 is 4.90 Å². The van der Waals surface area contributed by atoms with E-state index >= 15 is 0 Å². The number of carbonyl (C=O) groups is 2. The van der Waals surface area contributed by atoms with Gasteiger partial charge >= 0.3 is 6.03 Å². The normalized spacial score (nSPS) is 21.8. The van der Waals surface area contributed by atoms with Crippen LogP contribution in [-0.4, -0.2) is 48.0 Å². The van der Waals surface area contributed by atoms with Crippen molar-refractivity contribution in [2.45, 2.75) is 39.9 Å². The SMILES string of the molecule is CC1C(=O)N(C)C(C(C)(C)C)N1C(=O)N(C)c1ccc(F)cc1. The van der Waals surface area contributed by atoms with E-state index in [1.807, 2.05) is 20.8 Å². The van der Waals surface area contributed by atoms with Gasteiger partial charge in [-0.2, -0.15) is 0 Å². The van der Waals surface area contributed by atoms with Crippen LogP contribution in [0, 0.1) is 11.2 Å². The lowest BCUT2D eigenvalue weighted by Crippen LogP contribution is -2.54. The minimum Gasteiger partial charge on any atom is -0.323 e. The van der Waals surface area contributed by atoms with Crippen molar-refractivity contribution < 1.29 is 14.0 Å². The Morgan fingerprint density at radius 1 is 1.22 bits per heavy atom. The quantitative estimate of drug-likeness (QED) is 0.798. The zero-order chi connectivity index (χ0) is 17.5. The molecule has 5 nitrogen and oxygen atoms in total. The highest BCUT2D eigenvalue weighted by Gasteiger charge is 2.50. The predicted molar refractivity (Wildman–Crippen MR) is 87.5 cm³/mol. The van der Waals surface area contributed by atoms with Crippen LogP contribution in [0.1, 0.15) is 27.7 Å². The molecule has 1 saturated heterocycles. The first-order valence-corrected chi connectivity index (χ1v) is 7.64. The number of likely N-dealkylation sites (N-methyl/N-ethyl adjacent to an activating group) is 1. The molecule has 0 radical (unpaired) electrons. The number of carbonyl (C=O) groups excluding carboxylic acids is 2. The molecule has 0 spiro atoms. The summed E-state index contributed by atoms with van der Waals surface area (Å²) in [5.41, 5.74) is 0.298. The van der Waals surface area contributed by atoms with Crippen LogP contribution in [0.5, 0.6) is 0 Å². The van der Waals surface area contributed by atoms with Gasteiger partial charge in [0.2, 0.25) is 5.91 Å². The summed E-state index contributed by atoms with van der Waals surface area (Å²) in [5.74, 6) is -0.433. The van der Waals surface area contributed by atoms with Gasteiger partial charge in [-0.1, -0.05) is 20.8 Å². The second kappa shape index (κ2) is 5.83. The number of hydrogen-bond donors (Lipinski definition) is 0. The van der Waals surface area contributed by atoms with Gasteiger partial charge in [-0.3, -0.25) is 14.6 Å². The van der Waals surface area contributed by atoms with Crippen molar-refractivity contribution >= 4 is 17.6 Å². The molecule has 1 aliphatic rings. The molecule has 2 unspecified atom stereocenters. The highest BCUT2D eigenvalue weighted by Crippen LogP contribution is 2.34. The van der Waals surface area contributed by atoms with Crippen molar-refractivity contribution in [2.75, 3.05) is 19.0 Å². The van der Waals surface area contributed by atoms with Gasteiger partial charge in [0.25, 0.3) is 0 Å². The third-order valence-electron chi connectivity index (χ3n) is 4.25. The molecule has 0 aromatic heterocycles. The Hall–Kier alpha value is -2.11. The van der Waals surface area contributed by atoms with Crippen molar-refractivity contribution in [3.63, 3.8) is 0 Å². The summed E-state index contributed by atoms with van der Waals surface area (Å²) < 4.78 is 13.1. The second-order valence-corrected chi connectivity index (χ2v) is 7.09. The first-order chi connectivity index (χ1) is 10.6. The number of amides is 3. The standard InChI is InChI=1S/C17H24FN3O2/c1-11-14(22)20(6)15(17(2,3)4)21(11)16(23)19(5)13-9-7-12(18)8-10-13/h7-11,15H,1-6H3. The molecule has 0 N–H and O–H groups in total. The lowest BCUT2D eigenvalue weighted by atomic mass is 9.91. The average molecular weight is 321 g/mol. The van der Waals surface area contributed by atoms with E-state index in [2.05, 4.69) is 0 Å². The molecule has 0 aliphatic carbocycles. The number of rotatable bonds is 1. The van der Waals surface area contributed by atoms with Crippen molar-refractivity contribution in [2.24, 2.45) is 5.41 Å². The summed E-state index contributed by atoms with van der Waals surface area (Å²) in [6.07, 6.45) is -0.333. The lowest BCUT2D eigenvalue weighted by molar-refractivity contribution is -0.129. The number of hydrogen-bond acceptors (Lipinski definition) is 2. The third kappa shape index (κ3) is 3.02. The molecule has 1 heterocycles. The fourth-order valence-corrected chi connectivity index (χ4v) is 3.15. The summed E-state index contributed by atoms with van der Waals surface area (Å²) in [5, 5.41) is 0. The molecular weight excluding hydrogens is 297 g/mol. The maximum Gasteiger partial charge on any atom is 0.326 e. The van der Waals surface area contributed by atoms with Crippen LogP contribution in [0.25, 0.3) is 0 Å². The highest BCUT2D eigenvalue weighted by atomic mass is 19.1. The molecule has 2 rings (SSSR count). The monoisotopic (exact) mass is 321 g/mol. The molecule has 23 heavy (non-hydrogen) atoms. The van der Waals surface area contributed by atoms with Crippen molar-refractivity contribution in [1.29, 1.82) is 0 Å². The highest BCUT2D eigenvalue weighted by molar-refractivity contribution is 5.97. The number of nitrogens with zero attached hydrogens (tertiary/aromatic N) is 3. The average Bonchev–Trinajstić information content (AvgIpc) is 2.70. The van der Waals surface area contributed by atoms with Gasteiger partial charge in [-0.25, -0.2) is 9.18 Å². The fraction of sp³-hybridized carbons (Fsp3) is 0.529. The van der Waals surface area contributed by atoms with E-state index in [4.69, 9.17) is 0 Å². The Morgan fingerprint density at radius 2 is 1.74 bits per heavy atom. The summed E-state index contributed by atoms with van der Waals surface area (Å²) >= 11 is 0. The van der Waals surface area contributed by atoms with Crippen LogP contribution < -0.4 is 4.90 Å². The fourth-order valence-electron chi connectivity index (χ4n) is 3.15. The largest absolute Gasteiger partial charge is 0.326 e. The van der Waals surface area contributed by atoms with Crippen LogP contribution in [-0.2, 0) is 4.79 Å². The molecule has 3 amide bonds. The molecule has 1 aromatic carbocycles. The van der Waals surface area contributed by atoms with Crippen LogP contribution in [0.15, 0.2) is 24.3 Å². The van der Waals surface area contributed by atoms with E-state index in [1.165, 1.54) is 17.0 Å². The summed E-state index contributed by atoms with van der Waals surface area (Å²) in [7, 11) is 3.35. The van der Waals surface area contributed by atoms with E-state index < -0.39 is 6.04 Å². The van der Waals surface area contributed by atoms with Gasteiger partial charge in [0.05, 0.1) is 0 Å². The number of benzene rings is 1. The van der Waals surface area contributed by atoms with Crippen LogP contribution in [0.4, 0.5) is 14.9 Å². The number of anilines is 1. The minimum absolute atomic E-state index is 0.0780. The number of urea groups is 1. The van der Waals surface area contributed by atoms with Gasteiger partial charge in [0.1, 0.15) is 18.0 Å². The maximum absolute atomic E-state index is 13.1. The molecule has 6 heteroatoms. The van der Waals surface area contributed by atoms with Crippen molar-refractivity contribution in [3.05, 3.63) is 30.1 Å². The van der Waals surface area contributed by atoms with Gasteiger partial charge in [-0.15, -0.1) is 0 Å². The second-order valence-electron chi connectivity index (χ2n) is 7.09. The molecule has 0 bridgehead atoms. The Labute approximate surface area is 136 Å². The van der Waals surface area contributed by atoms with Crippen LogP contribution in [0.3, 0.4) is 0 Å². The van der Waals surface area contributed by atoms with E-state index in [0.29, 0.717) is 5.69 Å². The summed E-state index contributed by atoms with van der Waals surface area (Å²) in [6, 6.07) is 4.91. The Bertz CT molecular complexity index is 609. The lowest BCUT2D eigenvalue weighted by Gasteiger charge is -2.40. The topological polar surface area (TPSA) is 43.9 Å². The summed E-state index contributed by atoms with van der Waals surface area (Å²) in [6.45, 7) is 7.73. The summed E-state index contributed by atoms with van der Waals surface area (Å²) in [4.78, 5) is 30.0. The molecule has 126 valence electrons. The molecule has 1 aromatic rings. The van der Waals surface area contributed by atoms with Gasteiger partial charge in [0.15, 0.2) is 0 Å². The smallest absolute Gasteiger partial charge is 0.323 e. The maximum atomic E-state index is 13.1. The minimum atomic E-state index is -0.528. The van der Waals surface area contributed by atoms with Crippen molar-refractivity contribution in [3.8, 4) is 0 Å². The van der Waals surface area contributed by atoms with Gasteiger partial charge in [-0.05, 0) is 31.2 Å². The van der Waals surface area contributed by atoms with Crippen LogP contribution >= 0.6 is 0 Å². The first-order valence-electron chi connectivity index (χ1n) is 7.64. The zero-order valence-corrected chi connectivity index (χ0v) is 14.5. The van der Waals surface area contributed by atoms with Crippen molar-refractivity contribution in [1.82, 2.24) is 9.80 Å². The Balaban J connectivity index is 2.35. The van der Waals surface area contributed by atoms with E-state index in [9.17, 15) is 14.0 Å². The molecule has 2 atom stereocenters. The Morgan fingerprint density at radius 3 is 2.22 bits per heavy atom. The van der Waals surface area contributed by atoms with Crippen LogP contribution in [0.2, 0.25) is 0 Å². The first kappa shape index (κ1) is 17.2. The van der Waals surface area contributed by atoms with E-state index in [0.717, 1.165) is 0 Å². The molecular formula is C17H24FN3O2. The third-order valence-corrected chi connectivity index (χ3v) is 4.25. The predicted octanol–water partition coefficient (Wildman–Crippen LogP) is 2.92. The number of halogens is 1. The molecule has 1 aliphatic heterocycles. The van der Waals surface area contributed by atoms with E-state index in [1.54, 1.807) is 43.0 Å². The zero-order valence-electron chi connectivity index (χ0n) is 14.5. The molecule has 0 saturated carbocycles. The Kier molecular flexibility index (Phi) is 4.37. The van der Waals surface area contributed by atoms with Gasteiger partial charge in [0, 0.05) is 25.2 Å². The van der Waals surface area contributed by atoms with E-state index in [-0.39, 0.29) is 29.3 Å².